The lowest BCUT2D eigenvalue weighted by Gasteiger charge is -1.89. The molecule has 0 saturated heterocycles. The van der Waals surface area contributed by atoms with Crippen LogP contribution < -0.4 is 22.5 Å². The Balaban J connectivity index is 2.09. The van der Waals surface area contributed by atoms with Crippen LogP contribution in [0.1, 0.15) is 0 Å². The first-order chi connectivity index (χ1) is 11.0. The van der Waals surface area contributed by atoms with Crippen molar-refractivity contribution in [2.45, 2.75) is 0 Å². The van der Waals surface area contributed by atoms with Gasteiger partial charge in [-0.1, -0.05) is 0 Å². The zero-order valence-electron chi connectivity index (χ0n) is 11.2. The summed E-state index contributed by atoms with van der Waals surface area (Å²) in [5, 5.41) is 1.63. The van der Waals surface area contributed by atoms with Gasteiger partial charge in [0.1, 0.15) is 11.2 Å². The molecule has 0 aliphatic carbocycles. The van der Waals surface area contributed by atoms with Crippen molar-refractivity contribution in [1.29, 1.82) is 0 Å². The monoisotopic (exact) mass is 308 g/mol. The van der Waals surface area contributed by atoms with E-state index in [-0.39, 0.29) is 21.5 Å². The first-order valence-corrected chi connectivity index (χ1v) is 6.60. The Morgan fingerprint density at radius 3 is 1.17 bits per heavy atom. The Kier molecular flexibility index (Phi) is 1.92. The van der Waals surface area contributed by atoms with Gasteiger partial charge < -0.3 is 13.3 Å². The highest BCUT2D eigenvalue weighted by molar-refractivity contribution is 6.13. The van der Waals surface area contributed by atoms with Gasteiger partial charge in [0.25, 0.3) is 0 Å². The molecule has 23 heavy (non-hydrogen) atoms. The zero-order valence-corrected chi connectivity index (χ0v) is 11.2. The highest BCUT2D eigenvalue weighted by Crippen LogP contribution is 2.32. The third-order valence-corrected chi connectivity index (χ3v) is 4.00. The maximum absolute atomic E-state index is 11.7. The molecule has 0 N–H and O–H groups in total. The van der Waals surface area contributed by atoms with Crippen LogP contribution in [-0.4, -0.2) is 0 Å². The first kappa shape index (κ1) is 12.1. The van der Waals surface area contributed by atoms with E-state index in [0.717, 1.165) is 0 Å². The van der Waals surface area contributed by atoms with E-state index in [1.807, 2.05) is 0 Å². The number of hydrogen-bond acceptors (Lipinski definition) is 7. The summed E-state index contributed by atoms with van der Waals surface area (Å²) in [6.07, 6.45) is 0. The molecule has 0 saturated carbocycles. The van der Waals surface area contributed by atoms with E-state index in [1.54, 1.807) is 0 Å². The lowest BCUT2D eigenvalue weighted by Crippen LogP contribution is -1.94. The van der Waals surface area contributed by atoms with E-state index >= 15 is 0 Å². The van der Waals surface area contributed by atoms with E-state index in [1.165, 1.54) is 24.3 Å². The molecule has 5 rings (SSSR count). The van der Waals surface area contributed by atoms with Gasteiger partial charge in [0.15, 0.2) is 0 Å². The van der Waals surface area contributed by atoms with Gasteiger partial charge in [0, 0.05) is 10.8 Å². The van der Waals surface area contributed by atoms with Crippen LogP contribution in [0.15, 0.2) is 56.7 Å². The van der Waals surface area contributed by atoms with Gasteiger partial charge in [0.05, 0.1) is 21.5 Å². The van der Waals surface area contributed by atoms with Gasteiger partial charge in [-0.25, -0.2) is 19.2 Å². The summed E-state index contributed by atoms with van der Waals surface area (Å²) in [4.78, 5) is 46.5. The van der Waals surface area contributed by atoms with Crippen molar-refractivity contribution >= 4 is 43.5 Å². The lowest BCUT2D eigenvalue weighted by atomic mass is 10.1. The minimum Gasteiger partial charge on any atom is -0.456 e. The minimum absolute atomic E-state index is 0.129. The van der Waals surface area contributed by atoms with Gasteiger partial charge in [-0.15, -0.1) is 0 Å². The smallest absolute Gasteiger partial charge is 0.347 e. The Morgan fingerprint density at radius 1 is 0.435 bits per heavy atom. The van der Waals surface area contributed by atoms with Crippen LogP contribution in [0.4, 0.5) is 0 Å². The third kappa shape index (κ3) is 1.38. The molecule has 3 heterocycles. The van der Waals surface area contributed by atoms with Crippen LogP contribution in [0, 0.1) is 0 Å². The molecule has 5 aromatic rings. The molecular formula is C16H4O7. The van der Waals surface area contributed by atoms with E-state index in [0.29, 0.717) is 21.9 Å². The topological polar surface area (TPSA) is 108 Å². The summed E-state index contributed by atoms with van der Waals surface area (Å²) < 4.78 is 14.7. The van der Waals surface area contributed by atoms with Gasteiger partial charge >= 0.3 is 22.5 Å². The molecule has 110 valence electrons. The predicted molar refractivity (Wildman–Crippen MR) is 80.7 cm³/mol. The molecule has 0 spiro atoms. The fourth-order valence-electron chi connectivity index (χ4n) is 2.93. The molecule has 0 fully saturated rings. The summed E-state index contributed by atoms with van der Waals surface area (Å²) in [5.74, 6) is 0. The quantitative estimate of drug-likeness (QED) is 0.425. The molecule has 2 aromatic carbocycles. The fourth-order valence-corrected chi connectivity index (χ4v) is 2.93. The number of hydrogen-bond donors (Lipinski definition) is 0. The number of rotatable bonds is 0. The number of benzene rings is 2. The number of furan rings is 3. The highest BCUT2D eigenvalue weighted by Gasteiger charge is 2.17. The zero-order chi connectivity index (χ0) is 15.9. The van der Waals surface area contributed by atoms with E-state index in [9.17, 15) is 19.2 Å². The average molecular weight is 308 g/mol. The molecule has 3 aromatic heterocycles. The Bertz CT molecular complexity index is 1370. The molecule has 0 aliphatic heterocycles. The largest absolute Gasteiger partial charge is 0.456 e. The second-order valence-electron chi connectivity index (χ2n) is 5.24. The van der Waals surface area contributed by atoms with Gasteiger partial charge in [-0.2, -0.15) is 0 Å². The van der Waals surface area contributed by atoms with Crippen LogP contribution in [0.25, 0.3) is 43.5 Å². The molecular weight excluding hydrogens is 304 g/mol. The molecule has 0 bridgehead atoms. The standard InChI is InChI=1S/C16H4O7/c17-13-7-1-5-6-2-8-10(16(20)23-14(8)18)4-12(6)21-11(5)3-9(7)15(19)22-13/h1-4H. The summed E-state index contributed by atoms with van der Waals surface area (Å²) in [5.41, 5.74) is -2.19. The molecule has 0 aliphatic rings. The van der Waals surface area contributed by atoms with Crippen molar-refractivity contribution in [2.75, 3.05) is 0 Å². The minimum atomic E-state index is -0.728. The van der Waals surface area contributed by atoms with Crippen molar-refractivity contribution < 1.29 is 13.3 Å². The highest BCUT2D eigenvalue weighted by atomic mass is 16.4. The molecule has 7 nitrogen and oxygen atoms in total. The normalized spacial score (nSPS) is 12.2. The van der Waals surface area contributed by atoms with Crippen molar-refractivity contribution in [3.05, 3.63) is 65.9 Å². The van der Waals surface area contributed by atoms with Crippen LogP contribution in [0.5, 0.6) is 0 Å². The maximum atomic E-state index is 11.7. The van der Waals surface area contributed by atoms with Gasteiger partial charge in [-0.3, -0.25) is 0 Å². The number of fused-ring (bicyclic) bond motifs is 5. The summed E-state index contributed by atoms with van der Waals surface area (Å²) in [7, 11) is 0. The Hall–Kier alpha value is -3.48. The predicted octanol–water partition coefficient (Wildman–Crippen LogP) is 1.39. The molecule has 7 heteroatoms. The summed E-state index contributed by atoms with van der Waals surface area (Å²) >= 11 is 0. The van der Waals surface area contributed by atoms with Crippen molar-refractivity contribution in [3.8, 4) is 0 Å². The average Bonchev–Trinajstić information content (AvgIpc) is 3.10. The fraction of sp³-hybridized carbons (Fsp3) is 0. The van der Waals surface area contributed by atoms with Gasteiger partial charge in [0.2, 0.25) is 0 Å². The van der Waals surface area contributed by atoms with E-state index in [2.05, 4.69) is 8.83 Å². The second-order valence-corrected chi connectivity index (χ2v) is 5.24. The Morgan fingerprint density at radius 2 is 0.783 bits per heavy atom. The second kappa shape index (κ2) is 3.64. The maximum Gasteiger partial charge on any atom is 0.347 e. The lowest BCUT2D eigenvalue weighted by molar-refractivity contribution is 0.499. The molecule has 0 unspecified atom stereocenters. The van der Waals surface area contributed by atoms with E-state index in [4.69, 9.17) is 4.42 Å². The SMILES string of the molecule is O=c1oc(=O)c2cc3c(cc12)oc1cc2c(=O)oc(=O)c2cc13. The van der Waals surface area contributed by atoms with Gasteiger partial charge in [-0.05, 0) is 24.3 Å². The molecule has 0 radical (unpaired) electrons. The summed E-state index contributed by atoms with van der Waals surface area (Å²) in [6, 6.07) is 5.81. The molecule has 0 atom stereocenters. The summed E-state index contributed by atoms with van der Waals surface area (Å²) in [6.45, 7) is 0. The van der Waals surface area contributed by atoms with Crippen LogP contribution in [-0.2, 0) is 0 Å². The first-order valence-electron chi connectivity index (χ1n) is 6.60. The van der Waals surface area contributed by atoms with E-state index < -0.39 is 22.5 Å². The van der Waals surface area contributed by atoms with Crippen molar-refractivity contribution in [1.82, 2.24) is 0 Å². The van der Waals surface area contributed by atoms with Crippen molar-refractivity contribution in [2.24, 2.45) is 0 Å². The van der Waals surface area contributed by atoms with Crippen LogP contribution >= 0.6 is 0 Å². The van der Waals surface area contributed by atoms with Crippen LogP contribution in [0.2, 0.25) is 0 Å². The third-order valence-electron chi connectivity index (χ3n) is 4.00. The Labute approximate surface area is 123 Å². The molecule has 0 amide bonds. The van der Waals surface area contributed by atoms with Crippen LogP contribution in [0.3, 0.4) is 0 Å². The van der Waals surface area contributed by atoms with Crippen molar-refractivity contribution in [3.63, 3.8) is 0 Å².